The lowest BCUT2D eigenvalue weighted by molar-refractivity contribution is -0.139. The maximum absolute atomic E-state index is 14.1. The molecular weight excluding hydrogens is 664 g/mol. The highest BCUT2D eigenvalue weighted by atomic mass is 16.6. The van der Waals surface area contributed by atoms with Crippen molar-refractivity contribution >= 4 is 35.3 Å². The Balaban J connectivity index is 1.40. The van der Waals surface area contributed by atoms with Crippen LogP contribution in [0.5, 0.6) is 5.75 Å². The lowest BCUT2D eigenvalue weighted by Gasteiger charge is -2.27. The largest absolute Gasteiger partial charge is 0.497 e. The zero-order chi connectivity index (χ0) is 36.5. The summed E-state index contributed by atoms with van der Waals surface area (Å²) < 4.78 is 16.1. The summed E-state index contributed by atoms with van der Waals surface area (Å²) in [5, 5.41) is 13.9. The first-order valence-corrected chi connectivity index (χ1v) is 17.1. The van der Waals surface area contributed by atoms with E-state index in [4.69, 9.17) is 19.2 Å². The molecule has 2 N–H and O–H groups in total. The Morgan fingerprint density at radius 2 is 1.56 bits per heavy atom. The molecule has 3 amide bonds. The monoisotopic (exact) mass is 704 g/mol. The van der Waals surface area contributed by atoms with Crippen molar-refractivity contribution < 1.29 is 38.5 Å². The summed E-state index contributed by atoms with van der Waals surface area (Å²) in [7, 11) is 1.52. The van der Waals surface area contributed by atoms with Crippen LogP contribution in [0, 0.1) is 0 Å². The van der Waals surface area contributed by atoms with Crippen molar-refractivity contribution in [3.05, 3.63) is 131 Å². The van der Waals surface area contributed by atoms with Crippen LogP contribution >= 0.6 is 0 Å². The third-order valence-electron chi connectivity index (χ3n) is 9.14. The van der Waals surface area contributed by atoms with E-state index in [1.54, 1.807) is 48.5 Å². The number of ether oxygens (including phenoxy) is 3. The zero-order valence-electron chi connectivity index (χ0n) is 28.7. The van der Waals surface area contributed by atoms with Gasteiger partial charge in [0, 0.05) is 36.6 Å². The molecule has 4 aromatic carbocycles. The smallest absolute Gasteiger partial charge is 0.417 e. The van der Waals surface area contributed by atoms with Crippen molar-refractivity contribution in [2.24, 2.45) is 4.99 Å². The van der Waals surface area contributed by atoms with Gasteiger partial charge in [0.1, 0.15) is 18.4 Å². The van der Waals surface area contributed by atoms with Gasteiger partial charge in [0.2, 0.25) is 11.8 Å². The minimum atomic E-state index is -1.50. The van der Waals surface area contributed by atoms with E-state index in [1.807, 2.05) is 65.6 Å². The highest BCUT2D eigenvalue weighted by Gasteiger charge is 2.41. The van der Waals surface area contributed by atoms with Gasteiger partial charge in [-0.25, -0.2) is 14.5 Å². The summed E-state index contributed by atoms with van der Waals surface area (Å²) in [6.07, 6.45) is -1.17. The molecule has 3 atom stereocenters. The first-order chi connectivity index (χ1) is 25.3. The number of methoxy groups -OCH3 is 1. The Kier molecular flexibility index (Phi) is 11.7. The van der Waals surface area contributed by atoms with Gasteiger partial charge in [0.25, 0.3) is 0 Å². The van der Waals surface area contributed by atoms with Gasteiger partial charge in [-0.3, -0.25) is 19.5 Å². The number of nitrogens with zero attached hydrogens (tertiary/aromatic N) is 3. The van der Waals surface area contributed by atoms with Crippen LogP contribution in [0.15, 0.2) is 114 Å². The zero-order valence-corrected chi connectivity index (χ0v) is 28.7. The number of carbonyl (C=O) groups is 4. The van der Waals surface area contributed by atoms with Crippen LogP contribution in [0.25, 0.3) is 0 Å². The Morgan fingerprint density at radius 1 is 0.904 bits per heavy atom. The number of rotatable bonds is 13. The van der Waals surface area contributed by atoms with E-state index in [0.29, 0.717) is 65.7 Å². The maximum atomic E-state index is 14.1. The van der Waals surface area contributed by atoms with Gasteiger partial charge in [-0.1, -0.05) is 91.0 Å². The molecule has 6 rings (SSSR count). The second kappa shape index (κ2) is 16.9. The number of imide groups is 1. The maximum Gasteiger partial charge on any atom is 0.417 e. The first kappa shape index (κ1) is 36.0. The molecule has 52 heavy (non-hydrogen) atoms. The van der Waals surface area contributed by atoms with Crippen LogP contribution in [0.4, 0.5) is 10.5 Å². The predicted octanol–water partition coefficient (Wildman–Crippen LogP) is 5.15. The molecule has 12 nitrogen and oxygen atoms in total. The number of para-hydroxylation sites is 1. The summed E-state index contributed by atoms with van der Waals surface area (Å²) in [6.45, 7) is 2.52. The van der Waals surface area contributed by atoms with Crippen LogP contribution in [-0.4, -0.2) is 97.1 Å². The fourth-order valence-electron chi connectivity index (χ4n) is 6.47. The molecule has 4 aromatic rings. The summed E-state index contributed by atoms with van der Waals surface area (Å²) in [5.41, 5.74) is 3.10. The van der Waals surface area contributed by atoms with Crippen LogP contribution in [0.1, 0.15) is 40.6 Å². The summed E-state index contributed by atoms with van der Waals surface area (Å²) in [4.78, 5) is 61.7. The molecule has 2 aliphatic heterocycles. The van der Waals surface area contributed by atoms with Gasteiger partial charge in [-0.15, -0.1) is 0 Å². The van der Waals surface area contributed by atoms with Crippen molar-refractivity contribution in [3.8, 4) is 5.75 Å². The number of aliphatic carboxylic acids is 1. The fraction of sp³-hybridized carbons (Fsp3) is 0.275. The first-order valence-electron chi connectivity index (χ1n) is 17.1. The minimum Gasteiger partial charge on any atom is -0.497 e. The molecule has 0 aliphatic carbocycles. The number of hydrogen-bond donors (Lipinski definition) is 2. The molecule has 0 saturated carbocycles. The number of carbonyl (C=O) groups excluding carboxylic acids is 3. The molecule has 0 aromatic heterocycles. The molecule has 0 spiro atoms. The molecule has 0 unspecified atom stereocenters. The van der Waals surface area contributed by atoms with Gasteiger partial charge < -0.3 is 24.6 Å². The SMILES string of the molecule is COc1ccc([C@@H](CC(=O)N2C(=O)OC[C@H]2c2ccccc2)[C@H](N=C(c2ccccc2)c2ccccc2NC(=O)CN2CCOCC2)C(=O)O)cc1. The number of carboxylic acids is 1. The van der Waals surface area contributed by atoms with E-state index in [-0.39, 0.29) is 25.5 Å². The predicted molar refractivity (Wildman–Crippen MR) is 194 cm³/mol. The molecule has 12 heteroatoms. The number of cyclic esters (lactones) is 1. The quantitative estimate of drug-likeness (QED) is 0.180. The number of aliphatic imine (C=N–C) groups is 1. The molecule has 268 valence electrons. The molecule has 2 heterocycles. The number of morpholine rings is 1. The minimum absolute atomic E-state index is 0.0193. The van der Waals surface area contributed by atoms with E-state index in [1.165, 1.54) is 7.11 Å². The van der Waals surface area contributed by atoms with Gasteiger partial charge >= 0.3 is 12.1 Å². The van der Waals surface area contributed by atoms with Gasteiger partial charge in [0.15, 0.2) is 6.04 Å². The van der Waals surface area contributed by atoms with E-state index < -0.39 is 36.0 Å². The van der Waals surface area contributed by atoms with Crippen LogP contribution < -0.4 is 10.1 Å². The highest BCUT2D eigenvalue weighted by molar-refractivity contribution is 6.17. The van der Waals surface area contributed by atoms with Crippen molar-refractivity contribution in [3.63, 3.8) is 0 Å². The second-order valence-corrected chi connectivity index (χ2v) is 12.5. The second-order valence-electron chi connectivity index (χ2n) is 12.5. The molecule has 0 radical (unpaired) electrons. The average Bonchev–Trinajstić information content (AvgIpc) is 3.57. The lowest BCUT2D eigenvalue weighted by Crippen LogP contribution is -2.41. The Bertz CT molecular complexity index is 1900. The van der Waals surface area contributed by atoms with Crippen molar-refractivity contribution in [1.82, 2.24) is 9.80 Å². The molecular formula is C40H40N4O8. The average molecular weight is 705 g/mol. The van der Waals surface area contributed by atoms with Gasteiger partial charge in [-0.2, -0.15) is 0 Å². The lowest BCUT2D eigenvalue weighted by atomic mass is 9.87. The number of carboxylic acid groups (broad SMARTS) is 1. The highest BCUT2D eigenvalue weighted by Crippen LogP contribution is 2.34. The Morgan fingerprint density at radius 3 is 2.23 bits per heavy atom. The third-order valence-corrected chi connectivity index (χ3v) is 9.14. The molecule has 0 bridgehead atoms. The Hall–Kier alpha value is -5.85. The molecule has 2 aliphatic rings. The van der Waals surface area contributed by atoms with Crippen LogP contribution in [0.2, 0.25) is 0 Å². The molecule has 2 saturated heterocycles. The van der Waals surface area contributed by atoms with Crippen molar-refractivity contribution in [2.75, 3.05) is 51.9 Å². The van der Waals surface area contributed by atoms with Gasteiger partial charge in [0.05, 0.1) is 38.3 Å². The van der Waals surface area contributed by atoms with Crippen LogP contribution in [-0.2, 0) is 23.9 Å². The number of nitrogens with one attached hydrogen (secondary N) is 1. The molecule has 2 fully saturated rings. The van der Waals surface area contributed by atoms with E-state index in [0.717, 1.165) is 4.90 Å². The van der Waals surface area contributed by atoms with E-state index >= 15 is 0 Å². The number of amides is 3. The normalized spacial score (nSPS) is 17.6. The topological polar surface area (TPSA) is 147 Å². The Labute approximate surface area is 301 Å². The van der Waals surface area contributed by atoms with Crippen LogP contribution in [0.3, 0.4) is 0 Å². The van der Waals surface area contributed by atoms with E-state index in [9.17, 15) is 24.3 Å². The van der Waals surface area contributed by atoms with Crippen molar-refractivity contribution in [1.29, 1.82) is 0 Å². The van der Waals surface area contributed by atoms with Crippen molar-refractivity contribution in [2.45, 2.75) is 24.4 Å². The fourth-order valence-corrected chi connectivity index (χ4v) is 6.47. The number of anilines is 1. The summed E-state index contributed by atoms with van der Waals surface area (Å²) in [6, 6.07) is 29.8. The van der Waals surface area contributed by atoms with Gasteiger partial charge in [-0.05, 0) is 29.3 Å². The third kappa shape index (κ3) is 8.53. The number of hydrogen-bond acceptors (Lipinski definition) is 9. The summed E-state index contributed by atoms with van der Waals surface area (Å²) >= 11 is 0. The standard InChI is InChI=1S/C40H40N4O8/c1-50-30-18-16-27(17-19-30)32(24-36(46)44-34(26-52-40(44)49)28-10-4-2-5-11-28)38(39(47)48)42-37(29-12-6-3-7-13-29)31-14-8-9-15-33(31)41-35(45)25-43-20-22-51-23-21-43/h2-19,32,34,38H,20-26H2,1H3,(H,41,45)(H,47,48)/t32-,34+,38+/m1/s1. The summed E-state index contributed by atoms with van der Waals surface area (Å²) in [5.74, 6) is -2.59. The number of benzene rings is 4. The van der Waals surface area contributed by atoms with E-state index in [2.05, 4.69) is 5.32 Å².